The van der Waals surface area contributed by atoms with Crippen molar-refractivity contribution in [1.82, 2.24) is 0 Å². The van der Waals surface area contributed by atoms with Gasteiger partial charge in [-0.1, -0.05) is 29.8 Å². The van der Waals surface area contributed by atoms with Crippen LogP contribution in [0.25, 0.3) is 0 Å². The lowest BCUT2D eigenvalue weighted by Gasteiger charge is -2.20. The fourth-order valence-corrected chi connectivity index (χ4v) is 3.07. The van der Waals surface area contributed by atoms with E-state index in [1.165, 1.54) is 0 Å². The molecule has 0 saturated carbocycles. The Morgan fingerprint density at radius 3 is 2.70 bits per heavy atom. The molecule has 0 radical (unpaired) electrons. The lowest BCUT2D eigenvalue weighted by molar-refractivity contribution is 0.335. The summed E-state index contributed by atoms with van der Waals surface area (Å²) >= 11 is 8.27. The van der Waals surface area contributed by atoms with Gasteiger partial charge in [0.1, 0.15) is 5.75 Å². The van der Waals surface area contributed by atoms with Crippen molar-refractivity contribution in [2.75, 3.05) is 11.9 Å². The predicted octanol–water partition coefficient (Wildman–Crippen LogP) is 5.52. The average molecular weight is 402 g/mol. The maximum Gasteiger partial charge on any atom is 0.124 e. The maximum atomic E-state index is 5.98. The Morgan fingerprint density at radius 2 is 2.00 bits per heavy atom. The average Bonchev–Trinajstić information content (AvgIpc) is 2.43. The zero-order valence-corrected chi connectivity index (χ0v) is 14.4. The first kappa shape index (κ1) is 15.4. The Kier molecular flexibility index (Phi) is 5.54. The summed E-state index contributed by atoms with van der Waals surface area (Å²) in [5, 5.41) is 4.26. The Balaban J connectivity index is 2.21. The van der Waals surface area contributed by atoms with E-state index in [0.29, 0.717) is 6.61 Å². The van der Waals surface area contributed by atoms with Gasteiger partial charge in [-0.05, 0) is 60.7 Å². The molecule has 0 bridgehead atoms. The van der Waals surface area contributed by atoms with Gasteiger partial charge in [-0.2, -0.15) is 0 Å². The number of benzene rings is 2. The van der Waals surface area contributed by atoms with Gasteiger partial charge in [0.25, 0.3) is 0 Å². The van der Waals surface area contributed by atoms with E-state index in [4.69, 9.17) is 16.3 Å². The quantitative estimate of drug-likeness (QED) is 0.666. The topological polar surface area (TPSA) is 21.3 Å². The van der Waals surface area contributed by atoms with Crippen LogP contribution in [0.1, 0.15) is 25.5 Å². The predicted molar refractivity (Wildman–Crippen MR) is 93.8 cm³/mol. The van der Waals surface area contributed by atoms with Crippen molar-refractivity contribution in [1.29, 1.82) is 0 Å². The normalized spacial score (nSPS) is 12.0. The Labute approximate surface area is 138 Å². The number of hydrogen-bond donors (Lipinski definition) is 1. The summed E-state index contributed by atoms with van der Waals surface area (Å²) in [6.45, 7) is 4.79. The van der Waals surface area contributed by atoms with Gasteiger partial charge in [0.15, 0.2) is 0 Å². The first-order valence-electron chi connectivity index (χ1n) is 6.55. The molecule has 0 aliphatic heterocycles. The molecule has 2 nitrogen and oxygen atoms in total. The van der Waals surface area contributed by atoms with E-state index < -0.39 is 0 Å². The minimum atomic E-state index is 0.160. The van der Waals surface area contributed by atoms with Crippen molar-refractivity contribution in [3.63, 3.8) is 0 Å². The molecule has 0 saturated heterocycles. The van der Waals surface area contributed by atoms with Crippen LogP contribution in [0.5, 0.6) is 5.75 Å². The fourth-order valence-electron chi connectivity index (χ4n) is 2.04. The standard InChI is InChI=1S/C16H17ClINO/c1-3-20-16-7-5-4-6-13(16)11(2)19-15-9-8-12(17)10-14(15)18/h4-11,19H,3H2,1-2H3. The highest BCUT2D eigenvalue weighted by Gasteiger charge is 2.12. The molecule has 1 unspecified atom stereocenters. The van der Waals surface area contributed by atoms with E-state index in [-0.39, 0.29) is 6.04 Å². The molecule has 0 amide bonds. The highest BCUT2D eigenvalue weighted by molar-refractivity contribution is 14.1. The van der Waals surface area contributed by atoms with Gasteiger partial charge in [0, 0.05) is 19.8 Å². The van der Waals surface area contributed by atoms with Gasteiger partial charge in [-0.15, -0.1) is 0 Å². The first-order valence-corrected chi connectivity index (χ1v) is 8.00. The second-order valence-corrected chi connectivity index (χ2v) is 6.06. The second kappa shape index (κ2) is 7.18. The molecular weight excluding hydrogens is 385 g/mol. The van der Waals surface area contributed by atoms with Crippen molar-refractivity contribution in [2.45, 2.75) is 19.9 Å². The minimum absolute atomic E-state index is 0.160. The van der Waals surface area contributed by atoms with Gasteiger partial charge < -0.3 is 10.1 Å². The largest absolute Gasteiger partial charge is 0.494 e. The molecule has 2 rings (SSSR count). The third kappa shape index (κ3) is 3.79. The van der Waals surface area contributed by atoms with Crippen molar-refractivity contribution in [3.8, 4) is 5.75 Å². The van der Waals surface area contributed by atoms with Gasteiger partial charge in [-0.3, -0.25) is 0 Å². The molecule has 4 heteroatoms. The van der Waals surface area contributed by atoms with Crippen LogP contribution in [0, 0.1) is 3.57 Å². The molecule has 0 aliphatic rings. The number of anilines is 1. The van der Waals surface area contributed by atoms with E-state index in [1.807, 2.05) is 43.3 Å². The number of para-hydroxylation sites is 1. The van der Waals surface area contributed by atoms with E-state index in [9.17, 15) is 0 Å². The fraction of sp³-hybridized carbons (Fsp3) is 0.250. The number of halogens is 2. The molecule has 2 aromatic rings. The third-order valence-corrected chi connectivity index (χ3v) is 4.12. The number of ether oxygens (including phenoxy) is 1. The zero-order chi connectivity index (χ0) is 14.5. The summed E-state index contributed by atoms with van der Waals surface area (Å²) in [5.74, 6) is 0.930. The molecular formula is C16H17ClINO. The van der Waals surface area contributed by atoms with Gasteiger partial charge >= 0.3 is 0 Å². The van der Waals surface area contributed by atoms with E-state index in [2.05, 4.69) is 40.9 Å². The Bertz CT molecular complexity index is 588. The summed E-state index contributed by atoms with van der Waals surface area (Å²) < 4.78 is 6.79. The van der Waals surface area contributed by atoms with Gasteiger partial charge in [0.2, 0.25) is 0 Å². The van der Waals surface area contributed by atoms with Crippen LogP contribution in [0.4, 0.5) is 5.69 Å². The van der Waals surface area contributed by atoms with E-state index in [0.717, 1.165) is 25.6 Å². The number of hydrogen-bond acceptors (Lipinski definition) is 2. The smallest absolute Gasteiger partial charge is 0.124 e. The Morgan fingerprint density at radius 1 is 1.25 bits per heavy atom. The van der Waals surface area contributed by atoms with E-state index >= 15 is 0 Å². The van der Waals surface area contributed by atoms with Crippen molar-refractivity contribution in [3.05, 3.63) is 56.6 Å². The minimum Gasteiger partial charge on any atom is -0.494 e. The van der Waals surface area contributed by atoms with Crippen molar-refractivity contribution in [2.24, 2.45) is 0 Å². The molecule has 0 aromatic heterocycles. The second-order valence-electron chi connectivity index (χ2n) is 4.46. The van der Waals surface area contributed by atoms with Crippen LogP contribution < -0.4 is 10.1 Å². The molecule has 1 atom stereocenters. The van der Waals surface area contributed by atoms with E-state index in [1.54, 1.807) is 0 Å². The van der Waals surface area contributed by atoms with Crippen molar-refractivity contribution < 1.29 is 4.74 Å². The van der Waals surface area contributed by atoms with Gasteiger partial charge in [0.05, 0.1) is 12.6 Å². The monoisotopic (exact) mass is 401 g/mol. The molecule has 0 aliphatic carbocycles. The number of nitrogens with one attached hydrogen (secondary N) is 1. The highest BCUT2D eigenvalue weighted by Crippen LogP contribution is 2.30. The summed E-state index contributed by atoms with van der Waals surface area (Å²) in [6, 6.07) is 14.1. The SMILES string of the molecule is CCOc1ccccc1C(C)Nc1ccc(Cl)cc1I. The summed E-state index contributed by atoms with van der Waals surface area (Å²) in [7, 11) is 0. The summed E-state index contributed by atoms with van der Waals surface area (Å²) in [6.07, 6.45) is 0. The van der Waals surface area contributed by atoms with Crippen LogP contribution in [0.2, 0.25) is 5.02 Å². The van der Waals surface area contributed by atoms with Crippen LogP contribution >= 0.6 is 34.2 Å². The Hall–Kier alpha value is -0.940. The third-order valence-electron chi connectivity index (χ3n) is 2.99. The molecule has 106 valence electrons. The summed E-state index contributed by atoms with van der Waals surface area (Å²) in [5.41, 5.74) is 2.23. The number of rotatable bonds is 5. The zero-order valence-electron chi connectivity index (χ0n) is 11.5. The molecule has 20 heavy (non-hydrogen) atoms. The molecule has 1 N–H and O–H groups in total. The molecule has 2 aromatic carbocycles. The maximum absolute atomic E-state index is 5.98. The molecule has 0 spiro atoms. The molecule has 0 heterocycles. The highest BCUT2D eigenvalue weighted by atomic mass is 127. The summed E-state index contributed by atoms with van der Waals surface area (Å²) in [4.78, 5) is 0. The molecule has 0 fully saturated rings. The lowest BCUT2D eigenvalue weighted by Crippen LogP contribution is -2.09. The lowest BCUT2D eigenvalue weighted by atomic mass is 10.1. The van der Waals surface area contributed by atoms with Crippen LogP contribution in [0.3, 0.4) is 0 Å². The van der Waals surface area contributed by atoms with Crippen molar-refractivity contribution >= 4 is 39.9 Å². The van der Waals surface area contributed by atoms with Crippen LogP contribution in [-0.4, -0.2) is 6.61 Å². The first-order chi connectivity index (χ1) is 9.61. The van der Waals surface area contributed by atoms with Crippen LogP contribution in [-0.2, 0) is 0 Å². The van der Waals surface area contributed by atoms with Crippen LogP contribution in [0.15, 0.2) is 42.5 Å². The van der Waals surface area contributed by atoms with Gasteiger partial charge in [-0.25, -0.2) is 0 Å².